The summed E-state index contributed by atoms with van der Waals surface area (Å²) in [6, 6.07) is 12.0. The van der Waals surface area contributed by atoms with Crippen molar-refractivity contribution in [2.24, 2.45) is 21.6 Å². The molecule has 2 heterocycles. The number of nitriles is 2. The van der Waals surface area contributed by atoms with Crippen molar-refractivity contribution in [1.82, 2.24) is 0 Å². The summed E-state index contributed by atoms with van der Waals surface area (Å²) < 4.78 is 11.3. The standard InChI is InChI=1S/C16H14N4O2S/c1-21-11-5-3-2-4-10(11)12-14(8-17)13(19)20-16(15(12,14)9-18)22-6-7-23-16/h2-5,12H,6-7H2,1H3,(H2,19,20)/t12-,14-,15-,16-/m1/s1. The van der Waals surface area contributed by atoms with Crippen molar-refractivity contribution in [3.63, 3.8) is 0 Å². The first kappa shape index (κ1) is 14.4. The molecule has 6 nitrogen and oxygen atoms in total. The van der Waals surface area contributed by atoms with Gasteiger partial charge >= 0.3 is 0 Å². The Hall–Kier alpha value is -2.22. The van der Waals surface area contributed by atoms with Crippen molar-refractivity contribution in [1.29, 1.82) is 10.5 Å². The number of methoxy groups -OCH3 is 1. The molecule has 4 atom stereocenters. The third-order valence-corrected chi connectivity index (χ3v) is 6.35. The van der Waals surface area contributed by atoms with Crippen LogP contribution in [0.1, 0.15) is 11.5 Å². The third-order valence-electron chi connectivity index (χ3n) is 5.06. The third kappa shape index (κ3) is 1.32. The zero-order valence-electron chi connectivity index (χ0n) is 12.4. The van der Waals surface area contributed by atoms with Gasteiger partial charge in [-0.25, -0.2) is 4.99 Å². The van der Waals surface area contributed by atoms with Crippen LogP contribution in [-0.2, 0) is 4.74 Å². The van der Waals surface area contributed by atoms with E-state index in [1.165, 1.54) is 11.8 Å². The van der Waals surface area contributed by atoms with E-state index >= 15 is 0 Å². The molecule has 1 aromatic carbocycles. The number of hydrogen-bond acceptors (Lipinski definition) is 7. The van der Waals surface area contributed by atoms with Crippen molar-refractivity contribution in [3.05, 3.63) is 29.8 Å². The summed E-state index contributed by atoms with van der Waals surface area (Å²) >= 11 is 1.45. The average molecular weight is 326 g/mol. The summed E-state index contributed by atoms with van der Waals surface area (Å²) in [5.41, 5.74) is 4.66. The lowest BCUT2D eigenvalue weighted by molar-refractivity contribution is 0.0200. The number of nitrogens with zero attached hydrogens (tertiary/aromatic N) is 3. The van der Waals surface area contributed by atoms with Gasteiger partial charge in [-0.05, 0) is 6.07 Å². The van der Waals surface area contributed by atoms with E-state index in [0.29, 0.717) is 12.4 Å². The molecule has 1 saturated carbocycles. The van der Waals surface area contributed by atoms with Gasteiger partial charge < -0.3 is 15.2 Å². The molecule has 1 saturated heterocycles. The minimum atomic E-state index is -1.16. The molecule has 2 fully saturated rings. The van der Waals surface area contributed by atoms with Crippen LogP contribution in [0.3, 0.4) is 0 Å². The Kier molecular flexibility index (Phi) is 2.76. The highest BCUT2D eigenvalue weighted by Gasteiger charge is 2.93. The molecule has 116 valence electrons. The normalized spacial score (nSPS) is 40.1. The highest BCUT2D eigenvalue weighted by Crippen LogP contribution is 2.84. The maximum atomic E-state index is 10.0. The number of thioether (sulfide) groups is 1. The maximum Gasteiger partial charge on any atom is 0.230 e. The van der Waals surface area contributed by atoms with Gasteiger partial charge in [0.05, 0.1) is 25.9 Å². The van der Waals surface area contributed by atoms with Crippen LogP contribution in [0.25, 0.3) is 0 Å². The van der Waals surface area contributed by atoms with Crippen LogP contribution in [0, 0.1) is 33.5 Å². The van der Waals surface area contributed by atoms with Crippen molar-refractivity contribution in [3.8, 4) is 17.9 Å². The molecule has 2 N–H and O–H groups in total. The fourth-order valence-corrected chi connectivity index (χ4v) is 5.41. The molecule has 0 unspecified atom stereocenters. The number of nitrogens with two attached hydrogens (primary N) is 1. The monoisotopic (exact) mass is 326 g/mol. The molecule has 0 aromatic heterocycles. The highest BCUT2D eigenvalue weighted by atomic mass is 32.2. The van der Waals surface area contributed by atoms with Gasteiger partial charge in [0.2, 0.25) is 5.06 Å². The Balaban J connectivity index is 1.96. The predicted molar refractivity (Wildman–Crippen MR) is 84.6 cm³/mol. The van der Waals surface area contributed by atoms with Gasteiger partial charge in [0.1, 0.15) is 17.0 Å². The van der Waals surface area contributed by atoms with Gasteiger partial charge in [0, 0.05) is 17.2 Å². The maximum absolute atomic E-state index is 10.0. The van der Waals surface area contributed by atoms with E-state index in [9.17, 15) is 10.5 Å². The van der Waals surface area contributed by atoms with Crippen LogP contribution < -0.4 is 10.5 Å². The van der Waals surface area contributed by atoms with E-state index < -0.39 is 21.8 Å². The van der Waals surface area contributed by atoms with E-state index in [0.717, 1.165) is 11.3 Å². The van der Waals surface area contributed by atoms with Gasteiger partial charge in [-0.3, -0.25) is 0 Å². The Morgan fingerprint density at radius 1 is 1.39 bits per heavy atom. The van der Waals surface area contributed by atoms with Gasteiger partial charge in [-0.1, -0.05) is 30.0 Å². The van der Waals surface area contributed by atoms with Gasteiger partial charge in [0.15, 0.2) is 5.41 Å². The van der Waals surface area contributed by atoms with E-state index in [4.69, 9.17) is 15.2 Å². The molecular weight excluding hydrogens is 312 g/mol. The van der Waals surface area contributed by atoms with E-state index in [-0.39, 0.29) is 5.84 Å². The number of amidine groups is 1. The number of ether oxygens (including phenoxy) is 2. The predicted octanol–water partition coefficient (Wildman–Crippen LogP) is 1.60. The fourth-order valence-electron chi connectivity index (χ4n) is 4.09. The fraction of sp³-hybridized carbons (Fsp3) is 0.438. The molecule has 1 aliphatic carbocycles. The molecular formula is C16H14N4O2S. The van der Waals surface area contributed by atoms with Gasteiger partial charge in [-0.15, -0.1) is 0 Å². The number of benzene rings is 1. The van der Waals surface area contributed by atoms with Crippen molar-refractivity contribution >= 4 is 17.6 Å². The second kappa shape index (κ2) is 4.41. The van der Waals surface area contributed by atoms with Crippen LogP contribution in [0.5, 0.6) is 5.75 Å². The molecule has 0 radical (unpaired) electrons. The number of para-hydroxylation sites is 1. The van der Waals surface area contributed by atoms with Crippen molar-refractivity contribution in [2.45, 2.75) is 11.0 Å². The lowest BCUT2D eigenvalue weighted by Gasteiger charge is -2.26. The largest absolute Gasteiger partial charge is 0.496 e. The number of rotatable bonds is 2. The zero-order chi connectivity index (χ0) is 16.3. The van der Waals surface area contributed by atoms with Crippen molar-refractivity contribution in [2.75, 3.05) is 19.5 Å². The Morgan fingerprint density at radius 3 is 2.78 bits per heavy atom. The molecule has 3 aliphatic rings. The van der Waals surface area contributed by atoms with Crippen LogP contribution >= 0.6 is 11.8 Å². The lowest BCUT2D eigenvalue weighted by atomic mass is 9.95. The minimum absolute atomic E-state index is 0.187. The quantitative estimate of drug-likeness (QED) is 0.885. The van der Waals surface area contributed by atoms with Gasteiger partial charge in [0.25, 0.3) is 0 Å². The number of hydrogen-bond donors (Lipinski definition) is 1. The summed E-state index contributed by atoms with van der Waals surface area (Å²) in [7, 11) is 1.57. The van der Waals surface area contributed by atoms with Crippen LogP contribution in [0.2, 0.25) is 0 Å². The van der Waals surface area contributed by atoms with E-state index in [2.05, 4.69) is 17.1 Å². The SMILES string of the molecule is COc1ccccc1[C@H]1[C@@]2(C#N)[C@@]3(N=C(N)[C@@]12C#N)OCCS3. The molecule has 23 heavy (non-hydrogen) atoms. The first-order valence-electron chi connectivity index (χ1n) is 7.22. The van der Waals surface area contributed by atoms with Crippen LogP contribution in [-0.4, -0.2) is 30.4 Å². The molecule has 1 aromatic rings. The minimum Gasteiger partial charge on any atom is -0.496 e. The lowest BCUT2D eigenvalue weighted by Crippen LogP contribution is -2.34. The molecule has 0 amide bonds. The second-order valence-electron chi connectivity index (χ2n) is 5.79. The summed E-state index contributed by atoms with van der Waals surface area (Å²) in [5, 5.41) is 18.9. The van der Waals surface area contributed by atoms with Crippen molar-refractivity contribution < 1.29 is 9.47 Å². The Bertz CT molecular complexity index is 805. The Labute approximate surface area is 137 Å². The topological polar surface area (TPSA) is 104 Å². The first-order chi connectivity index (χ1) is 11.1. The highest BCUT2D eigenvalue weighted by molar-refractivity contribution is 8.00. The summed E-state index contributed by atoms with van der Waals surface area (Å²) in [6.45, 7) is 0.491. The summed E-state index contributed by atoms with van der Waals surface area (Å²) in [5.74, 6) is 1.14. The smallest absolute Gasteiger partial charge is 0.230 e. The molecule has 1 spiro atoms. The molecule has 2 aliphatic heterocycles. The molecule has 4 rings (SSSR count). The average Bonchev–Trinajstić information content (AvgIpc) is 2.82. The summed E-state index contributed by atoms with van der Waals surface area (Å²) in [4.78, 5) is 4.42. The zero-order valence-corrected chi connectivity index (χ0v) is 13.3. The van der Waals surface area contributed by atoms with Gasteiger partial charge in [-0.2, -0.15) is 10.5 Å². The Morgan fingerprint density at radius 2 is 2.17 bits per heavy atom. The number of fused-ring (bicyclic) bond motifs is 2. The molecule has 0 bridgehead atoms. The summed E-state index contributed by atoms with van der Waals surface area (Å²) in [6.07, 6.45) is 0. The number of aliphatic imine (C=N–C) groups is 1. The van der Waals surface area contributed by atoms with Crippen LogP contribution in [0.15, 0.2) is 29.3 Å². The van der Waals surface area contributed by atoms with Crippen LogP contribution in [0.4, 0.5) is 0 Å². The van der Waals surface area contributed by atoms with E-state index in [1.54, 1.807) is 7.11 Å². The first-order valence-corrected chi connectivity index (χ1v) is 8.21. The molecule has 7 heteroatoms. The van der Waals surface area contributed by atoms with E-state index in [1.807, 2.05) is 24.3 Å². The second-order valence-corrected chi connectivity index (χ2v) is 7.04.